The van der Waals surface area contributed by atoms with Crippen molar-refractivity contribution in [1.29, 1.82) is 0 Å². The van der Waals surface area contributed by atoms with E-state index in [1.807, 2.05) is 18.5 Å². The highest BCUT2D eigenvalue weighted by molar-refractivity contribution is 5.25. The lowest BCUT2D eigenvalue weighted by molar-refractivity contribution is -0.114. The summed E-state index contributed by atoms with van der Waals surface area (Å²) in [6.07, 6.45) is 18.0. The van der Waals surface area contributed by atoms with E-state index >= 15 is 0 Å². The van der Waals surface area contributed by atoms with Gasteiger partial charge in [0.25, 0.3) is 0 Å². The van der Waals surface area contributed by atoms with Gasteiger partial charge in [-0.25, -0.2) is 0 Å². The molecular weight excluding hydrogens is 394 g/mol. The SMILES string of the molecule is CC[C@@](O)(CCc1cccnc1)C1CCC2[C@@H]3CC=C4C[C@@H](O)CC[C@]4(C)C3CC[C@@]21C. The molecule has 8 atom stereocenters. The molecule has 3 saturated carbocycles. The van der Waals surface area contributed by atoms with Gasteiger partial charge in [-0.2, -0.15) is 0 Å². The molecular formula is C29H43NO2. The normalized spacial score (nSPS) is 42.9. The topological polar surface area (TPSA) is 53.4 Å². The summed E-state index contributed by atoms with van der Waals surface area (Å²) in [5.41, 5.74) is 2.75. The lowest BCUT2D eigenvalue weighted by atomic mass is 9.46. The third kappa shape index (κ3) is 3.50. The first-order chi connectivity index (χ1) is 15.3. The van der Waals surface area contributed by atoms with Crippen LogP contribution in [0.25, 0.3) is 0 Å². The maximum atomic E-state index is 12.0. The third-order valence-electron chi connectivity index (χ3n) is 10.9. The van der Waals surface area contributed by atoms with E-state index in [2.05, 4.69) is 37.9 Å². The fourth-order valence-electron chi connectivity index (χ4n) is 9.03. The van der Waals surface area contributed by atoms with E-state index in [1.165, 1.54) is 37.7 Å². The molecule has 0 aromatic carbocycles. The molecule has 3 fully saturated rings. The van der Waals surface area contributed by atoms with Crippen molar-refractivity contribution < 1.29 is 10.2 Å². The zero-order chi connectivity index (χ0) is 22.6. The van der Waals surface area contributed by atoms with Crippen molar-refractivity contribution in [3.8, 4) is 0 Å². The van der Waals surface area contributed by atoms with Crippen molar-refractivity contribution in [2.75, 3.05) is 0 Å². The van der Waals surface area contributed by atoms with Crippen molar-refractivity contribution in [2.24, 2.45) is 34.5 Å². The van der Waals surface area contributed by atoms with E-state index in [9.17, 15) is 10.2 Å². The maximum absolute atomic E-state index is 12.0. The molecule has 0 radical (unpaired) electrons. The Bertz CT molecular complexity index is 852. The molecule has 3 nitrogen and oxygen atoms in total. The number of aliphatic hydroxyl groups is 2. The number of nitrogens with zero attached hydrogens (tertiary/aromatic N) is 1. The van der Waals surface area contributed by atoms with Crippen molar-refractivity contribution in [3.05, 3.63) is 41.7 Å². The molecule has 1 aromatic rings. The second kappa shape index (κ2) is 8.24. The molecule has 4 aliphatic rings. The van der Waals surface area contributed by atoms with E-state index < -0.39 is 5.60 Å². The van der Waals surface area contributed by atoms with Gasteiger partial charge < -0.3 is 10.2 Å². The largest absolute Gasteiger partial charge is 0.393 e. The summed E-state index contributed by atoms with van der Waals surface area (Å²) in [6, 6.07) is 4.14. The third-order valence-corrected chi connectivity index (χ3v) is 10.9. The zero-order valence-electron chi connectivity index (χ0n) is 20.4. The number of aliphatic hydroxyl groups excluding tert-OH is 1. The summed E-state index contributed by atoms with van der Waals surface area (Å²) < 4.78 is 0. The fraction of sp³-hybridized carbons (Fsp3) is 0.759. The highest BCUT2D eigenvalue weighted by Crippen LogP contribution is 2.68. The van der Waals surface area contributed by atoms with E-state index in [1.54, 1.807) is 5.57 Å². The summed E-state index contributed by atoms with van der Waals surface area (Å²) in [4.78, 5) is 4.27. The van der Waals surface area contributed by atoms with Crippen molar-refractivity contribution >= 4 is 0 Å². The number of pyridine rings is 1. The molecule has 32 heavy (non-hydrogen) atoms. The quantitative estimate of drug-likeness (QED) is 0.548. The molecule has 0 spiro atoms. The Morgan fingerprint density at radius 3 is 2.72 bits per heavy atom. The Labute approximate surface area is 194 Å². The molecule has 0 amide bonds. The molecule has 4 aliphatic carbocycles. The number of allylic oxidation sites excluding steroid dienone is 1. The predicted molar refractivity (Wildman–Crippen MR) is 129 cm³/mol. The highest BCUT2D eigenvalue weighted by Gasteiger charge is 2.61. The Morgan fingerprint density at radius 2 is 1.97 bits per heavy atom. The molecule has 0 aliphatic heterocycles. The minimum atomic E-state index is -0.583. The molecule has 0 bridgehead atoms. The van der Waals surface area contributed by atoms with Crippen molar-refractivity contribution in [1.82, 2.24) is 4.98 Å². The number of aromatic nitrogens is 1. The van der Waals surface area contributed by atoms with Crippen LogP contribution in [0.2, 0.25) is 0 Å². The van der Waals surface area contributed by atoms with Gasteiger partial charge >= 0.3 is 0 Å². The van der Waals surface area contributed by atoms with Gasteiger partial charge in [0, 0.05) is 12.4 Å². The van der Waals surface area contributed by atoms with Crippen LogP contribution >= 0.6 is 0 Å². The van der Waals surface area contributed by atoms with Gasteiger partial charge in [-0.05, 0) is 117 Å². The Morgan fingerprint density at radius 1 is 1.12 bits per heavy atom. The molecule has 3 heteroatoms. The molecule has 0 saturated heterocycles. The van der Waals surface area contributed by atoms with Gasteiger partial charge in [0.15, 0.2) is 0 Å². The van der Waals surface area contributed by atoms with E-state index in [0.717, 1.165) is 56.3 Å². The first kappa shape index (κ1) is 22.6. The van der Waals surface area contributed by atoms with Crippen LogP contribution in [-0.2, 0) is 6.42 Å². The first-order valence-electron chi connectivity index (χ1n) is 13.3. The number of aryl methyl sites for hydroxylation is 1. The molecule has 1 aromatic heterocycles. The average molecular weight is 438 g/mol. The van der Waals surface area contributed by atoms with Gasteiger partial charge in [-0.3, -0.25) is 4.98 Å². The van der Waals surface area contributed by atoms with Crippen LogP contribution < -0.4 is 0 Å². The van der Waals surface area contributed by atoms with Crippen LogP contribution in [0.4, 0.5) is 0 Å². The Balaban J connectivity index is 1.37. The van der Waals surface area contributed by atoms with Gasteiger partial charge in [0.1, 0.15) is 0 Å². The first-order valence-corrected chi connectivity index (χ1v) is 13.3. The van der Waals surface area contributed by atoms with Crippen LogP contribution in [0.5, 0.6) is 0 Å². The van der Waals surface area contributed by atoms with Gasteiger partial charge in [-0.15, -0.1) is 0 Å². The van der Waals surface area contributed by atoms with Crippen LogP contribution in [0, 0.1) is 34.5 Å². The summed E-state index contributed by atoms with van der Waals surface area (Å²) in [7, 11) is 0. The predicted octanol–water partition coefficient (Wildman–Crippen LogP) is 6.10. The zero-order valence-corrected chi connectivity index (χ0v) is 20.4. The molecule has 1 heterocycles. The summed E-state index contributed by atoms with van der Waals surface area (Å²) in [5.74, 6) is 2.64. The summed E-state index contributed by atoms with van der Waals surface area (Å²) in [6.45, 7) is 7.23. The molecule has 176 valence electrons. The Hall–Kier alpha value is -1.19. The summed E-state index contributed by atoms with van der Waals surface area (Å²) in [5, 5.41) is 22.2. The van der Waals surface area contributed by atoms with Gasteiger partial charge in [-0.1, -0.05) is 38.5 Å². The average Bonchev–Trinajstić information content (AvgIpc) is 3.16. The van der Waals surface area contributed by atoms with Gasteiger partial charge in [0.05, 0.1) is 11.7 Å². The van der Waals surface area contributed by atoms with E-state index in [0.29, 0.717) is 11.3 Å². The van der Waals surface area contributed by atoms with Crippen LogP contribution in [0.15, 0.2) is 36.2 Å². The second-order valence-electron chi connectivity index (χ2n) is 12.1. The van der Waals surface area contributed by atoms with E-state index in [4.69, 9.17) is 0 Å². The monoisotopic (exact) mass is 437 g/mol. The minimum absolute atomic E-state index is 0.130. The molecule has 2 N–H and O–H groups in total. The van der Waals surface area contributed by atoms with Crippen molar-refractivity contribution in [2.45, 2.75) is 103 Å². The lowest BCUT2D eigenvalue weighted by Crippen LogP contribution is -2.53. The number of hydrogen-bond donors (Lipinski definition) is 2. The van der Waals surface area contributed by atoms with Crippen LogP contribution in [0.1, 0.15) is 90.5 Å². The summed E-state index contributed by atoms with van der Waals surface area (Å²) >= 11 is 0. The highest BCUT2D eigenvalue weighted by atomic mass is 16.3. The lowest BCUT2D eigenvalue weighted by Gasteiger charge is -2.59. The number of rotatable bonds is 5. The maximum Gasteiger partial charge on any atom is 0.0681 e. The standard InChI is InChI=1S/C29H43NO2/c1-4-29(32,16-11-20-6-5-17-30-19-20)26-10-9-24-23-8-7-21-18-22(31)12-14-27(21,2)25(23)13-15-28(24,26)3/h5-7,17,19,22-26,31-32H,4,8-16,18H2,1-3H3/t22-,23-,24?,25?,26?,27-,28-,29+/m0/s1. The second-order valence-corrected chi connectivity index (χ2v) is 12.1. The van der Waals surface area contributed by atoms with Crippen molar-refractivity contribution in [3.63, 3.8) is 0 Å². The molecule has 3 unspecified atom stereocenters. The number of fused-ring (bicyclic) bond motifs is 5. The minimum Gasteiger partial charge on any atom is -0.393 e. The van der Waals surface area contributed by atoms with Crippen LogP contribution in [-0.4, -0.2) is 26.9 Å². The van der Waals surface area contributed by atoms with Crippen LogP contribution in [0.3, 0.4) is 0 Å². The van der Waals surface area contributed by atoms with E-state index in [-0.39, 0.29) is 11.5 Å². The number of hydrogen-bond acceptors (Lipinski definition) is 3. The molecule has 5 rings (SSSR count). The smallest absolute Gasteiger partial charge is 0.0681 e. The fourth-order valence-corrected chi connectivity index (χ4v) is 9.03. The van der Waals surface area contributed by atoms with Gasteiger partial charge in [0.2, 0.25) is 0 Å². The Kier molecular flexibility index (Phi) is 5.82.